The van der Waals surface area contributed by atoms with Gasteiger partial charge in [0.25, 0.3) is 5.91 Å². The summed E-state index contributed by atoms with van der Waals surface area (Å²) in [6.07, 6.45) is 5.44. The van der Waals surface area contributed by atoms with Crippen LogP contribution in [0.2, 0.25) is 0 Å². The first kappa shape index (κ1) is 15.3. The second kappa shape index (κ2) is 7.63. The van der Waals surface area contributed by atoms with E-state index in [4.69, 9.17) is 5.73 Å². The molecule has 0 aliphatic rings. The number of aryl methyl sites for hydroxylation is 1. The van der Waals surface area contributed by atoms with Gasteiger partial charge in [0.05, 0.1) is 0 Å². The summed E-state index contributed by atoms with van der Waals surface area (Å²) in [7, 11) is 0. The third-order valence-electron chi connectivity index (χ3n) is 2.79. The number of nitrogens with two attached hydrogens (primary N) is 1. The molecule has 0 radical (unpaired) electrons. The molecule has 0 atom stereocenters. The lowest BCUT2D eigenvalue weighted by molar-refractivity contribution is 0.0957. The van der Waals surface area contributed by atoms with Gasteiger partial charge in [-0.3, -0.25) is 9.48 Å². The minimum absolute atomic E-state index is 0.171. The summed E-state index contributed by atoms with van der Waals surface area (Å²) < 4.78 is 1.83. The Morgan fingerprint density at radius 3 is 3.05 bits per heavy atom. The van der Waals surface area contributed by atoms with Crippen molar-refractivity contribution in [2.45, 2.75) is 26.3 Å². The molecule has 2 rings (SSSR count). The number of hydrogen-bond donors (Lipinski definition) is 3. The van der Waals surface area contributed by atoms with Crippen molar-refractivity contribution in [2.24, 2.45) is 0 Å². The Labute approximate surface area is 127 Å². The molecule has 0 aromatic carbocycles. The van der Waals surface area contributed by atoms with Crippen LogP contribution < -0.4 is 16.4 Å². The number of thiazole rings is 1. The molecular weight excluding hydrogens is 288 g/mol. The molecule has 8 heteroatoms. The van der Waals surface area contributed by atoms with Crippen molar-refractivity contribution in [3.8, 4) is 0 Å². The maximum atomic E-state index is 12.0. The molecule has 2 heterocycles. The van der Waals surface area contributed by atoms with Gasteiger partial charge in [-0.1, -0.05) is 18.3 Å². The summed E-state index contributed by atoms with van der Waals surface area (Å²) in [5.74, 6) is 0.109. The fourth-order valence-corrected chi connectivity index (χ4v) is 2.58. The first-order chi connectivity index (χ1) is 10.2. The maximum absolute atomic E-state index is 12.0. The average molecular weight is 308 g/mol. The molecule has 2 aromatic heterocycles. The standard InChI is InChI=1S/C13H20N6OS/c1-2-5-16-13-18-11(14)10(21-13)12(20)15-6-3-8-19-9-4-7-17-19/h4,7,9H,2-3,5-6,8,14H2,1H3,(H,15,20)(H,16,18). The van der Waals surface area contributed by atoms with Gasteiger partial charge in [-0.2, -0.15) is 5.10 Å². The van der Waals surface area contributed by atoms with Crippen LogP contribution in [0.1, 0.15) is 29.4 Å². The number of anilines is 2. The minimum atomic E-state index is -0.171. The van der Waals surface area contributed by atoms with Crippen molar-refractivity contribution in [3.63, 3.8) is 0 Å². The summed E-state index contributed by atoms with van der Waals surface area (Å²) >= 11 is 1.29. The van der Waals surface area contributed by atoms with E-state index < -0.39 is 0 Å². The zero-order valence-corrected chi connectivity index (χ0v) is 12.8. The van der Waals surface area contributed by atoms with E-state index in [1.165, 1.54) is 11.3 Å². The Morgan fingerprint density at radius 2 is 2.33 bits per heavy atom. The molecule has 0 aliphatic carbocycles. The van der Waals surface area contributed by atoms with Crippen LogP contribution in [-0.2, 0) is 6.54 Å². The number of amides is 1. The molecule has 2 aromatic rings. The molecule has 0 saturated carbocycles. The topological polar surface area (TPSA) is 97.9 Å². The molecule has 0 unspecified atom stereocenters. The van der Waals surface area contributed by atoms with E-state index in [2.05, 4.69) is 27.6 Å². The summed E-state index contributed by atoms with van der Waals surface area (Å²) in [6, 6.07) is 1.88. The first-order valence-electron chi connectivity index (χ1n) is 6.96. The molecule has 0 spiro atoms. The van der Waals surface area contributed by atoms with E-state index in [1.807, 2.05) is 16.9 Å². The van der Waals surface area contributed by atoms with Crippen molar-refractivity contribution in [1.82, 2.24) is 20.1 Å². The lowest BCUT2D eigenvalue weighted by Crippen LogP contribution is -2.25. The first-order valence-corrected chi connectivity index (χ1v) is 7.78. The largest absolute Gasteiger partial charge is 0.382 e. The van der Waals surface area contributed by atoms with Crippen LogP contribution in [0.25, 0.3) is 0 Å². The fourth-order valence-electron chi connectivity index (χ4n) is 1.76. The summed E-state index contributed by atoms with van der Waals surface area (Å²) in [4.78, 5) is 16.7. The molecule has 0 fully saturated rings. The lowest BCUT2D eigenvalue weighted by atomic mass is 10.4. The van der Waals surface area contributed by atoms with Gasteiger partial charge >= 0.3 is 0 Å². The van der Waals surface area contributed by atoms with Crippen LogP contribution in [0.3, 0.4) is 0 Å². The van der Waals surface area contributed by atoms with Gasteiger partial charge < -0.3 is 16.4 Å². The number of aromatic nitrogens is 3. The highest BCUT2D eigenvalue weighted by atomic mass is 32.1. The molecule has 21 heavy (non-hydrogen) atoms. The van der Waals surface area contributed by atoms with Gasteiger partial charge in [0.1, 0.15) is 10.7 Å². The van der Waals surface area contributed by atoms with Gasteiger partial charge in [-0.25, -0.2) is 4.98 Å². The number of carbonyl (C=O) groups excluding carboxylic acids is 1. The Balaban J connectivity index is 1.78. The van der Waals surface area contributed by atoms with Crippen LogP contribution >= 0.6 is 11.3 Å². The van der Waals surface area contributed by atoms with Crippen molar-refractivity contribution >= 4 is 28.2 Å². The number of carbonyl (C=O) groups is 1. The Bertz CT molecular complexity index is 565. The van der Waals surface area contributed by atoms with Gasteiger partial charge in [0.15, 0.2) is 5.13 Å². The van der Waals surface area contributed by atoms with E-state index in [9.17, 15) is 4.79 Å². The Morgan fingerprint density at radius 1 is 1.48 bits per heavy atom. The lowest BCUT2D eigenvalue weighted by Gasteiger charge is -2.04. The third-order valence-corrected chi connectivity index (χ3v) is 3.82. The van der Waals surface area contributed by atoms with Crippen molar-refractivity contribution in [1.29, 1.82) is 0 Å². The second-order valence-corrected chi connectivity index (χ2v) is 5.54. The van der Waals surface area contributed by atoms with Gasteiger partial charge in [-0.05, 0) is 18.9 Å². The SMILES string of the molecule is CCCNc1nc(N)c(C(=O)NCCCn2cccn2)s1. The van der Waals surface area contributed by atoms with Gasteiger partial charge in [0.2, 0.25) is 0 Å². The molecule has 7 nitrogen and oxygen atoms in total. The van der Waals surface area contributed by atoms with E-state index >= 15 is 0 Å². The predicted octanol–water partition coefficient (Wildman–Crippen LogP) is 1.56. The monoisotopic (exact) mass is 308 g/mol. The zero-order chi connectivity index (χ0) is 15.1. The average Bonchev–Trinajstić information content (AvgIpc) is 3.10. The third kappa shape index (κ3) is 4.45. The molecule has 114 valence electrons. The molecule has 1 amide bonds. The van der Waals surface area contributed by atoms with E-state index in [0.717, 1.165) is 25.9 Å². The normalized spacial score (nSPS) is 10.5. The molecule has 0 aliphatic heterocycles. The van der Waals surface area contributed by atoms with E-state index in [1.54, 1.807) is 6.20 Å². The Kier molecular flexibility index (Phi) is 5.56. The second-order valence-electron chi connectivity index (χ2n) is 4.54. The molecule has 0 saturated heterocycles. The minimum Gasteiger partial charge on any atom is -0.382 e. The predicted molar refractivity (Wildman–Crippen MR) is 84.5 cm³/mol. The number of nitrogen functional groups attached to an aromatic ring is 1. The number of rotatable bonds is 8. The maximum Gasteiger partial charge on any atom is 0.265 e. The van der Waals surface area contributed by atoms with Crippen LogP contribution in [0.15, 0.2) is 18.5 Å². The van der Waals surface area contributed by atoms with E-state index in [0.29, 0.717) is 16.6 Å². The Hall–Kier alpha value is -2.09. The van der Waals surface area contributed by atoms with E-state index in [-0.39, 0.29) is 11.7 Å². The highest BCUT2D eigenvalue weighted by Crippen LogP contribution is 2.24. The summed E-state index contributed by atoms with van der Waals surface area (Å²) in [6.45, 7) is 4.23. The summed E-state index contributed by atoms with van der Waals surface area (Å²) in [5.41, 5.74) is 5.78. The highest BCUT2D eigenvalue weighted by Gasteiger charge is 2.15. The molecule has 4 N–H and O–H groups in total. The fraction of sp³-hybridized carbons (Fsp3) is 0.462. The number of nitrogens with one attached hydrogen (secondary N) is 2. The van der Waals surface area contributed by atoms with Crippen molar-refractivity contribution in [2.75, 3.05) is 24.1 Å². The quantitative estimate of drug-likeness (QED) is 0.643. The van der Waals surface area contributed by atoms with Gasteiger partial charge in [0, 0.05) is 32.0 Å². The smallest absolute Gasteiger partial charge is 0.265 e. The number of nitrogens with zero attached hydrogens (tertiary/aromatic N) is 3. The van der Waals surface area contributed by atoms with Crippen LogP contribution in [0.4, 0.5) is 10.9 Å². The number of hydrogen-bond acceptors (Lipinski definition) is 6. The molecular formula is C13H20N6OS. The van der Waals surface area contributed by atoms with Gasteiger partial charge in [-0.15, -0.1) is 0 Å². The van der Waals surface area contributed by atoms with Crippen LogP contribution in [-0.4, -0.2) is 33.8 Å². The van der Waals surface area contributed by atoms with Crippen LogP contribution in [0.5, 0.6) is 0 Å². The van der Waals surface area contributed by atoms with Crippen LogP contribution in [0, 0.1) is 0 Å². The molecule has 0 bridgehead atoms. The van der Waals surface area contributed by atoms with Crippen molar-refractivity contribution < 1.29 is 4.79 Å². The summed E-state index contributed by atoms with van der Waals surface area (Å²) in [5, 5.41) is 10.8. The zero-order valence-electron chi connectivity index (χ0n) is 12.0. The van der Waals surface area contributed by atoms with Crippen molar-refractivity contribution in [3.05, 3.63) is 23.3 Å². The highest BCUT2D eigenvalue weighted by molar-refractivity contribution is 7.18.